The van der Waals surface area contributed by atoms with Gasteiger partial charge in [0.2, 0.25) is 0 Å². The predicted octanol–water partition coefficient (Wildman–Crippen LogP) is 2.71. The van der Waals surface area contributed by atoms with Crippen molar-refractivity contribution >= 4 is 17.5 Å². The van der Waals surface area contributed by atoms with E-state index in [-0.39, 0.29) is 24.8 Å². The van der Waals surface area contributed by atoms with E-state index in [9.17, 15) is 14.3 Å². The first kappa shape index (κ1) is 16.2. The zero-order valence-corrected chi connectivity index (χ0v) is 13.8. The molecule has 1 unspecified atom stereocenters. The molecule has 0 radical (unpaired) electrons. The molecule has 4 rings (SSSR count). The van der Waals surface area contributed by atoms with Gasteiger partial charge in [-0.05, 0) is 37.0 Å². The van der Waals surface area contributed by atoms with Crippen molar-refractivity contribution in [1.82, 2.24) is 0 Å². The Bertz CT molecular complexity index is 732. The number of anilines is 2. The fraction of sp³-hybridized carbons (Fsp3) is 0.500. The maximum Gasteiger partial charge on any atom is 0.511 e. The summed E-state index contributed by atoms with van der Waals surface area (Å²) in [6.07, 6.45) is 3.56. The molecular weight excluding hydrogens is 327 g/mol. The number of ether oxygens (including phenoxy) is 1. The molecular formula is C18H21FN2O4. The minimum absolute atomic E-state index is 0.121. The van der Waals surface area contributed by atoms with Crippen LogP contribution in [-0.4, -0.2) is 42.1 Å². The van der Waals surface area contributed by atoms with Crippen LogP contribution in [0.25, 0.3) is 0 Å². The molecule has 1 aliphatic carbocycles. The number of benzene rings is 1. The Balaban J connectivity index is 1.67. The second kappa shape index (κ2) is 6.22. The summed E-state index contributed by atoms with van der Waals surface area (Å²) in [5, 5.41) is 18.2. The van der Waals surface area contributed by atoms with Gasteiger partial charge in [-0.2, -0.15) is 0 Å². The monoisotopic (exact) mass is 348 g/mol. The second-order valence-electron chi connectivity index (χ2n) is 6.99. The van der Waals surface area contributed by atoms with Crippen molar-refractivity contribution in [2.75, 3.05) is 29.5 Å². The zero-order chi connectivity index (χ0) is 17.6. The fourth-order valence-electron chi connectivity index (χ4n) is 3.70. The lowest BCUT2D eigenvalue weighted by atomic mass is 10.0. The minimum atomic E-state index is -1.35. The Kier molecular flexibility index (Phi) is 4.03. The number of hydrogen-bond acceptors (Lipinski definition) is 5. The number of hydrogen-bond donors (Lipinski definition) is 2. The van der Waals surface area contributed by atoms with Crippen molar-refractivity contribution in [2.24, 2.45) is 5.92 Å². The smallest absolute Gasteiger partial charge is 0.449 e. The molecule has 2 N–H and O–H groups in total. The van der Waals surface area contributed by atoms with E-state index in [2.05, 4.69) is 0 Å². The van der Waals surface area contributed by atoms with Crippen molar-refractivity contribution in [1.29, 1.82) is 0 Å². The summed E-state index contributed by atoms with van der Waals surface area (Å²) in [5.41, 5.74) is 2.21. The van der Waals surface area contributed by atoms with Gasteiger partial charge in [-0.15, -0.1) is 0 Å². The first-order valence-electron chi connectivity index (χ1n) is 8.63. The third-order valence-corrected chi connectivity index (χ3v) is 5.12. The van der Waals surface area contributed by atoms with Crippen molar-refractivity contribution in [3.05, 3.63) is 35.5 Å². The minimum Gasteiger partial charge on any atom is -0.449 e. The summed E-state index contributed by atoms with van der Waals surface area (Å²) in [5.74, 6) is 0.190. The molecule has 1 atom stereocenters. The molecule has 0 spiro atoms. The van der Waals surface area contributed by atoms with Gasteiger partial charge < -0.3 is 24.7 Å². The topological polar surface area (TPSA) is 73.2 Å². The van der Waals surface area contributed by atoms with E-state index in [4.69, 9.17) is 9.84 Å². The molecule has 2 fully saturated rings. The molecule has 1 aromatic carbocycles. The van der Waals surface area contributed by atoms with Gasteiger partial charge in [-0.3, -0.25) is 0 Å². The van der Waals surface area contributed by atoms with Crippen LogP contribution >= 0.6 is 0 Å². The van der Waals surface area contributed by atoms with Crippen LogP contribution in [0.1, 0.15) is 24.8 Å². The van der Waals surface area contributed by atoms with Crippen LogP contribution in [0.3, 0.4) is 0 Å². The standard InChI is InChI=1S/C18H21FN2O4/c19-15-6-12-5-14(25-18(23)24)9-21(13-1-2-13)16(12)7-17(15)20-4-3-11(8-20)10-22/h6-7,9,11,13,22H,1-5,8,10H2,(H,23,24). The first-order chi connectivity index (χ1) is 12.0. The van der Waals surface area contributed by atoms with E-state index < -0.39 is 6.16 Å². The highest BCUT2D eigenvalue weighted by Crippen LogP contribution is 2.41. The van der Waals surface area contributed by atoms with Crippen LogP contribution < -0.4 is 9.80 Å². The molecule has 134 valence electrons. The van der Waals surface area contributed by atoms with Gasteiger partial charge in [-0.1, -0.05) is 0 Å². The highest BCUT2D eigenvalue weighted by molar-refractivity contribution is 5.70. The number of fused-ring (bicyclic) bond motifs is 1. The van der Waals surface area contributed by atoms with E-state index >= 15 is 0 Å². The van der Waals surface area contributed by atoms with Crippen molar-refractivity contribution in [3.63, 3.8) is 0 Å². The van der Waals surface area contributed by atoms with Crippen LogP contribution in [0.4, 0.5) is 20.6 Å². The van der Waals surface area contributed by atoms with Crippen LogP contribution in [0, 0.1) is 11.7 Å². The number of aliphatic hydroxyl groups excluding tert-OH is 1. The summed E-state index contributed by atoms with van der Waals surface area (Å²) in [4.78, 5) is 14.8. The Morgan fingerprint density at radius 3 is 2.72 bits per heavy atom. The largest absolute Gasteiger partial charge is 0.511 e. The van der Waals surface area contributed by atoms with Crippen molar-refractivity contribution < 1.29 is 24.1 Å². The third kappa shape index (κ3) is 3.16. The van der Waals surface area contributed by atoms with Gasteiger partial charge in [0.25, 0.3) is 0 Å². The molecule has 0 aromatic heterocycles. The first-order valence-corrected chi connectivity index (χ1v) is 8.63. The number of nitrogens with zero attached hydrogens (tertiary/aromatic N) is 2. The highest BCUT2D eigenvalue weighted by atomic mass is 19.1. The van der Waals surface area contributed by atoms with Crippen molar-refractivity contribution in [2.45, 2.75) is 31.7 Å². The number of carboxylic acid groups (broad SMARTS) is 1. The van der Waals surface area contributed by atoms with Gasteiger partial charge in [0.1, 0.15) is 11.6 Å². The highest BCUT2D eigenvalue weighted by Gasteiger charge is 2.34. The molecule has 0 bridgehead atoms. The second-order valence-corrected chi connectivity index (χ2v) is 6.99. The summed E-state index contributed by atoms with van der Waals surface area (Å²) in [7, 11) is 0. The lowest BCUT2D eigenvalue weighted by molar-refractivity contribution is 0.116. The lowest BCUT2D eigenvalue weighted by Crippen LogP contribution is -2.27. The quantitative estimate of drug-likeness (QED) is 0.815. The van der Waals surface area contributed by atoms with E-state index in [1.54, 1.807) is 6.20 Å². The van der Waals surface area contributed by atoms with Gasteiger partial charge in [0.15, 0.2) is 0 Å². The maximum atomic E-state index is 14.7. The van der Waals surface area contributed by atoms with Crippen molar-refractivity contribution in [3.8, 4) is 0 Å². The average Bonchev–Trinajstić information content (AvgIpc) is 3.30. The van der Waals surface area contributed by atoms with E-state index in [1.807, 2.05) is 15.9 Å². The van der Waals surface area contributed by atoms with Crippen LogP contribution in [-0.2, 0) is 11.2 Å². The predicted molar refractivity (Wildman–Crippen MR) is 90.2 cm³/mol. The summed E-state index contributed by atoms with van der Waals surface area (Å²) in [6.45, 7) is 1.50. The van der Waals surface area contributed by atoms with Gasteiger partial charge in [0, 0.05) is 50.0 Å². The number of carbonyl (C=O) groups is 1. The Morgan fingerprint density at radius 1 is 1.28 bits per heavy atom. The number of rotatable bonds is 4. The van der Waals surface area contributed by atoms with Crippen LogP contribution in [0.5, 0.6) is 0 Å². The average molecular weight is 348 g/mol. The molecule has 2 heterocycles. The van der Waals surface area contributed by atoms with Gasteiger partial charge >= 0.3 is 6.16 Å². The van der Waals surface area contributed by atoms with Gasteiger partial charge in [-0.25, -0.2) is 9.18 Å². The van der Waals surface area contributed by atoms with E-state index in [1.165, 1.54) is 6.07 Å². The summed E-state index contributed by atoms with van der Waals surface area (Å²) >= 11 is 0. The Morgan fingerprint density at radius 2 is 2.08 bits per heavy atom. The number of allylic oxidation sites excluding steroid dienone is 1. The van der Waals surface area contributed by atoms with E-state index in [0.29, 0.717) is 24.0 Å². The molecule has 2 aliphatic heterocycles. The van der Waals surface area contributed by atoms with Crippen LogP contribution in [0.2, 0.25) is 0 Å². The zero-order valence-electron chi connectivity index (χ0n) is 13.8. The molecule has 1 saturated heterocycles. The fourth-order valence-corrected chi connectivity index (χ4v) is 3.70. The molecule has 1 aromatic rings. The summed E-state index contributed by atoms with van der Waals surface area (Å²) in [6, 6.07) is 3.66. The lowest BCUT2D eigenvalue weighted by Gasteiger charge is -2.31. The van der Waals surface area contributed by atoms with Gasteiger partial charge in [0.05, 0.1) is 5.69 Å². The molecule has 6 nitrogen and oxygen atoms in total. The SMILES string of the molecule is O=C(O)OC1=CN(C2CC2)c2cc(N3CCC(CO)C3)c(F)cc2C1. The maximum absolute atomic E-state index is 14.7. The normalized spacial score (nSPS) is 22.6. The van der Waals surface area contributed by atoms with Crippen LogP contribution in [0.15, 0.2) is 24.1 Å². The molecule has 1 saturated carbocycles. The Hall–Kier alpha value is -2.28. The number of halogens is 1. The Labute approximate surface area is 145 Å². The molecule has 25 heavy (non-hydrogen) atoms. The third-order valence-electron chi connectivity index (χ3n) is 5.12. The number of aliphatic hydroxyl groups is 1. The molecule has 3 aliphatic rings. The van der Waals surface area contributed by atoms with E-state index in [0.717, 1.165) is 37.1 Å². The molecule has 0 amide bonds. The summed E-state index contributed by atoms with van der Waals surface area (Å²) < 4.78 is 19.5. The molecule has 7 heteroatoms.